The maximum Gasteiger partial charge on any atom is 0.274 e. The predicted octanol–water partition coefficient (Wildman–Crippen LogP) is 1.35. The predicted molar refractivity (Wildman–Crippen MR) is 104 cm³/mol. The van der Waals surface area contributed by atoms with Gasteiger partial charge in [0.2, 0.25) is 0 Å². The molecule has 1 fully saturated rings. The fourth-order valence-electron chi connectivity index (χ4n) is 4.67. The highest BCUT2D eigenvalue weighted by Crippen LogP contribution is 2.35. The molecular formula is C21H20N4O3. The summed E-state index contributed by atoms with van der Waals surface area (Å²) in [5.41, 5.74) is 1.12. The Labute approximate surface area is 160 Å². The van der Waals surface area contributed by atoms with Crippen molar-refractivity contribution in [2.45, 2.75) is 18.9 Å². The number of carbonyl (C=O) groups is 1. The van der Waals surface area contributed by atoms with Crippen LogP contribution < -0.4 is 11.1 Å². The van der Waals surface area contributed by atoms with Gasteiger partial charge in [0.25, 0.3) is 17.0 Å². The molecule has 0 unspecified atom stereocenters. The highest BCUT2D eigenvalue weighted by atomic mass is 16.2. The standard InChI is InChI=1S/C21H20N4O3/c1-23-20(27)16-6-3-2-5-15(16)19(22-23)21(28)24-10-13-9-14(12-24)17-7-4-8-18(26)25(17)11-13/h2-8,13-14H,9-12H2,1H3/t13-,14+/m0/s1. The van der Waals surface area contributed by atoms with Crippen LogP contribution in [-0.4, -0.2) is 38.2 Å². The van der Waals surface area contributed by atoms with Gasteiger partial charge in [0, 0.05) is 49.7 Å². The van der Waals surface area contributed by atoms with Crippen LogP contribution in [0.15, 0.2) is 52.1 Å². The molecule has 0 saturated carbocycles. The van der Waals surface area contributed by atoms with E-state index in [1.165, 1.54) is 4.68 Å². The van der Waals surface area contributed by atoms with E-state index in [0.717, 1.165) is 12.1 Å². The van der Waals surface area contributed by atoms with Crippen molar-refractivity contribution >= 4 is 16.7 Å². The zero-order valence-electron chi connectivity index (χ0n) is 15.5. The highest BCUT2D eigenvalue weighted by Gasteiger charge is 2.37. The number of carbonyl (C=O) groups excluding carboxylic acids is 1. The van der Waals surface area contributed by atoms with Gasteiger partial charge in [-0.2, -0.15) is 5.10 Å². The number of aryl methyl sites for hydroxylation is 1. The van der Waals surface area contributed by atoms with Gasteiger partial charge >= 0.3 is 0 Å². The van der Waals surface area contributed by atoms with Crippen molar-refractivity contribution in [2.75, 3.05) is 13.1 Å². The molecule has 3 aromatic rings. The number of benzene rings is 1. The largest absolute Gasteiger partial charge is 0.336 e. The smallest absolute Gasteiger partial charge is 0.274 e. The quantitative estimate of drug-likeness (QED) is 0.642. The lowest BCUT2D eigenvalue weighted by molar-refractivity contribution is 0.0588. The van der Waals surface area contributed by atoms with E-state index in [1.54, 1.807) is 37.4 Å². The highest BCUT2D eigenvalue weighted by molar-refractivity contribution is 6.04. The summed E-state index contributed by atoms with van der Waals surface area (Å²) in [6, 6.07) is 12.5. The second-order valence-electron chi connectivity index (χ2n) is 7.73. The van der Waals surface area contributed by atoms with Gasteiger partial charge in [0.15, 0.2) is 5.69 Å². The lowest BCUT2D eigenvalue weighted by atomic mass is 9.83. The Morgan fingerprint density at radius 2 is 1.79 bits per heavy atom. The molecular weight excluding hydrogens is 356 g/mol. The van der Waals surface area contributed by atoms with Crippen LogP contribution in [-0.2, 0) is 13.6 Å². The van der Waals surface area contributed by atoms with E-state index < -0.39 is 0 Å². The summed E-state index contributed by atoms with van der Waals surface area (Å²) in [6.45, 7) is 1.78. The number of fused-ring (bicyclic) bond motifs is 5. The van der Waals surface area contributed by atoms with Crippen LogP contribution in [0.5, 0.6) is 0 Å². The third-order valence-corrected chi connectivity index (χ3v) is 5.93. The van der Waals surface area contributed by atoms with Crippen LogP contribution in [0.4, 0.5) is 0 Å². The number of aromatic nitrogens is 3. The van der Waals surface area contributed by atoms with E-state index in [4.69, 9.17) is 0 Å². The first kappa shape index (κ1) is 16.9. The van der Waals surface area contributed by atoms with E-state index in [0.29, 0.717) is 36.1 Å². The van der Waals surface area contributed by atoms with Crippen molar-refractivity contribution < 1.29 is 4.79 Å². The Morgan fingerprint density at radius 3 is 2.61 bits per heavy atom. The molecule has 2 aliphatic heterocycles. The molecule has 28 heavy (non-hydrogen) atoms. The lowest BCUT2D eigenvalue weighted by Crippen LogP contribution is -2.49. The van der Waals surface area contributed by atoms with Gasteiger partial charge in [0.1, 0.15) is 0 Å². The lowest BCUT2D eigenvalue weighted by Gasteiger charge is -2.42. The molecule has 2 bridgehead atoms. The summed E-state index contributed by atoms with van der Waals surface area (Å²) < 4.78 is 3.08. The van der Waals surface area contributed by atoms with Gasteiger partial charge in [-0.1, -0.05) is 24.3 Å². The maximum atomic E-state index is 13.4. The summed E-state index contributed by atoms with van der Waals surface area (Å²) in [4.78, 5) is 39.7. The van der Waals surface area contributed by atoms with Crippen molar-refractivity contribution in [3.8, 4) is 0 Å². The van der Waals surface area contributed by atoms with Crippen molar-refractivity contribution in [1.82, 2.24) is 19.2 Å². The minimum Gasteiger partial charge on any atom is -0.336 e. The molecule has 2 aliphatic rings. The Hall–Kier alpha value is -3.22. The van der Waals surface area contributed by atoms with Gasteiger partial charge in [-0.05, 0) is 24.5 Å². The number of pyridine rings is 1. The Morgan fingerprint density at radius 1 is 1.00 bits per heavy atom. The first-order valence-corrected chi connectivity index (χ1v) is 9.48. The molecule has 0 aliphatic carbocycles. The van der Waals surface area contributed by atoms with Crippen LogP contribution in [0.3, 0.4) is 0 Å². The first-order valence-electron chi connectivity index (χ1n) is 9.48. The molecule has 7 heteroatoms. The third kappa shape index (κ3) is 2.50. The number of piperidine rings is 1. The molecule has 4 heterocycles. The zero-order valence-corrected chi connectivity index (χ0v) is 15.5. The van der Waals surface area contributed by atoms with Crippen LogP contribution in [0.2, 0.25) is 0 Å². The normalized spacial score (nSPS) is 20.8. The molecule has 7 nitrogen and oxygen atoms in total. The van der Waals surface area contributed by atoms with E-state index >= 15 is 0 Å². The second kappa shape index (κ2) is 6.15. The van der Waals surface area contributed by atoms with Crippen LogP contribution in [0.1, 0.15) is 28.5 Å². The van der Waals surface area contributed by atoms with Crippen molar-refractivity contribution in [1.29, 1.82) is 0 Å². The minimum atomic E-state index is -0.212. The SMILES string of the molecule is Cn1nc(C(=O)N2C[C@@H]3C[C@H](C2)c2cccc(=O)n2C3)c2ccccc2c1=O. The molecule has 5 rings (SSSR count). The number of rotatable bonds is 1. The summed E-state index contributed by atoms with van der Waals surface area (Å²) in [5.74, 6) is 0.228. The minimum absolute atomic E-state index is 0.0256. The molecule has 1 aromatic carbocycles. The van der Waals surface area contributed by atoms with Crippen molar-refractivity contribution in [2.24, 2.45) is 13.0 Å². The zero-order chi connectivity index (χ0) is 19.4. The van der Waals surface area contributed by atoms with E-state index in [-0.39, 0.29) is 28.9 Å². The molecule has 0 spiro atoms. The number of hydrogen-bond donors (Lipinski definition) is 0. The van der Waals surface area contributed by atoms with E-state index in [9.17, 15) is 14.4 Å². The van der Waals surface area contributed by atoms with Gasteiger partial charge in [-0.25, -0.2) is 4.68 Å². The molecule has 2 aromatic heterocycles. The van der Waals surface area contributed by atoms with Crippen LogP contribution in [0.25, 0.3) is 10.8 Å². The van der Waals surface area contributed by atoms with Crippen LogP contribution >= 0.6 is 0 Å². The monoisotopic (exact) mass is 376 g/mol. The number of likely N-dealkylation sites (tertiary alicyclic amines) is 1. The summed E-state index contributed by atoms with van der Waals surface area (Å²) in [5, 5.41) is 5.37. The first-order chi connectivity index (χ1) is 13.5. The summed E-state index contributed by atoms with van der Waals surface area (Å²) in [7, 11) is 1.57. The molecule has 0 N–H and O–H groups in total. The van der Waals surface area contributed by atoms with Crippen molar-refractivity contribution in [3.63, 3.8) is 0 Å². The summed E-state index contributed by atoms with van der Waals surface area (Å²) in [6.07, 6.45) is 0.981. The van der Waals surface area contributed by atoms with Crippen LogP contribution in [0, 0.1) is 5.92 Å². The van der Waals surface area contributed by atoms with Gasteiger partial charge in [-0.3, -0.25) is 14.4 Å². The van der Waals surface area contributed by atoms with E-state index in [2.05, 4.69) is 5.10 Å². The molecule has 1 saturated heterocycles. The molecule has 0 radical (unpaired) electrons. The number of hydrogen-bond acceptors (Lipinski definition) is 4. The third-order valence-electron chi connectivity index (χ3n) is 5.93. The average Bonchev–Trinajstić information content (AvgIpc) is 2.71. The molecule has 2 atom stereocenters. The molecule has 1 amide bonds. The molecule has 142 valence electrons. The van der Waals surface area contributed by atoms with Gasteiger partial charge in [-0.15, -0.1) is 0 Å². The topological polar surface area (TPSA) is 77.2 Å². The number of nitrogens with zero attached hydrogens (tertiary/aromatic N) is 4. The fourth-order valence-corrected chi connectivity index (χ4v) is 4.67. The Bertz CT molecular complexity index is 1230. The van der Waals surface area contributed by atoms with Gasteiger partial charge in [0.05, 0.1) is 5.39 Å². The Balaban J connectivity index is 1.55. The summed E-state index contributed by atoms with van der Waals surface area (Å²) >= 11 is 0. The van der Waals surface area contributed by atoms with Crippen molar-refractivity contribution in [3.05, 3.63) is 74.6 Å². The fraction of sp³-hybridized carbons (Fsp3) is 0.333. The van der Waals surface area contributed by atoms with Gasteiger partial charge < -0.3 is 9.47 Å². The van der Waals surface area contributed by atoms with E-state index in [1.807, 2.05) is 21.6 Å². The second-order valence-corrected chi connectivity index (χ2v) is 7.73. The average molecular weight is 376 g/mol. The maximum absolute atomic E-state index is 13.4. The number of amides is 1. The Kier molecular flexibility index (Phi) is 3.72.